The maximum Gasteiger partial charge on any atom is 0.270 e. The van der Waals surface area contributed by atoms with E-state index in [4.69, 9.17) is 4.74 Å². The van der Waals surface area contributed by atoms with Crippen LogP contribution in [0.1, 0.15) is 29.9 Å². The molecule has 23 heavy (non-hydrogen) atoms. The number of amides is 1. The van der Waals surface area contributed by atoms with Gasteiger partial charge in [0, 0.05) is 18.3 Å². The SMILES string of the molecule is CC(C)Oc1ccc(C(=O)NCc2ccc3[nH]ccc3c2)nc1. The molecule has 2 N–H and O–H groups in total. The van der Waals surface area contributed by atoms with Gasteiger partial charge in [-0.25, -0.2) is 4.98 Å². The van der Waals surface area contributed by atoms with Gasteiger partial charge in [0.15, 0.2) is 0 Å². The van der Waals surface area contributed by atoms with Crippen LogP contribution in [0, 0.1) is 0 Å². The fraction of sp³-hybridized carbons (Fsp3) is 0.222. The number of carbonyl (C=O) groups excluding carboxylic acids is 1. The Bertz CT molecular complexity index is 807. The Labute approximate surface area is 134 Å². The highest BCUT2D eigenvalue weighted by Gasteiger charge is 2.08. The topological polar surface area (TPSA) is 67.0 Å². The van der Waals surface area contributed by atoms with E-state index in [1.165, 1.54) is 0 Å². The third kappa shape index (κ3) is 3.69. The average Bonchev–Trinajstić information content (AvgIpc) is 3.00. The van der Waals surface area contributed by atoms with Crippen LogP contribution in [-0.2, 0) is 6.54 Å². The van der Waals surface area contributed by atoms with E-state index in [2.05, 4.69) is 21.4 Å². The van der Waals surface area contributed by atoms with Crippen molar-refractivity contribution in [3.8, 4) is 5.75 Å². The lowest BCUT2D eigenvalue weighted by atomic mass is 10.1. The minimum Gasteiger partial charge on any atom is -0.489 e. The minimum atomic E-state index is -0.199. The number of aromatic amines is 1. The van der Waals surface area contributed by atoms with Crippen molar-refractivity contribution in [3.05, 3.63) is 60.0 Å². The van der Waals surface area contributed by atoms with Gasteiger partial charge in [0.05, 0.1) is 12.3 Å². The van der Waals surface area contributed by atoms with Gasteiger partial charge in [-0.1, -0.05) is 6.07 Å². The quantitative estimate of drug-likeness (QED) is 0.760. The summed E-state index contributed by atoms with van der Waals surface area (Å²) >= 11 is 0. The lowest BCUT2D eigenvalue weighted by Gasteiger charge is -2.09. The van der Waals surface area contributed by atoms with Gasteiger partial charge in [-0.2, -0.15) is 0 Å². The molecular formula is C18H19N3O2. The summed E-state index contributed by atoms with van der Waals surface area (Å²) < 4.78 is 5.51. The van der Waals surface area contributed by atoms with E-state index < -0.39 is 0 Å². The van der Waals surface area contributed by atoms with E-state index >= 15 is 0 Å². The van der Waals surface area contributed by atoms with Crippen LogP contribution in [0.25, 0.3) is 10.9 Å². The molecule has 3 aromatic rings. The van der Waals surface area contributed by atoms with Crippen molar-refractivity contribution in [2.45, 2.75) is 26.5 Å². The molecule has 0 aliphatic heterocycles. The summed E-state index contributed by atoms with van der Waals surface area (Å²) in [5.41, 5.74) is 2.51. The van der Waals surface area contributed by atoms with E-state index in [9.17, 15) is 4.79 Å². The molecule has 0 bridgehead atoms. The molecule has 0 saturated heterocycles. The van der Waals surface area contributed by atoms with Crippen molar-refractivity contribution in [1.82, 2.24) is 15.3 Å². The third-order valence-electron chi connectivity index (χ3n) is 3.41. The van der Waals surface area contributed by atoms with Gasteiger partial charge in [-0.15, -0.1) is 0 Å². The second-order valence-corrected chi connectivity index (χ2v) is 5.63. The van der Waals surface area contributed by atoms with Crippen LogP contribution < -0.4 is 10.1 Å². The predicted molar refractivity (Wildman–Crippen MR) is 89.5 cm³/mol. The number of hydrogen-bond donors (Lipinski definition) is 2. The summed E-state index contributed by atoms with van der Waals surface area (Å²) in [6.07, 6.45) is 3.55. The molecular weight excluding hydrogens is 290 g/mol. The Hall–Kier alpha value is -2.82. The molecule has 0 aliphatic rings. The molecule has 3 rings (SSSR count). The van der Waals surface area contributed by atoms with Gasteiger partial charge < -0.3 is 15.0 Å². The summed E-state index contributed by atoms with van der Waals surface area (Å²) in [5.74, 6) is 0.463. The van der Waals surface area contributed by atoms with Gasteiger partial charge in [0.1, 0.15) is 11.4 Å². The van der Waals surface area contributed by atoms with Crippen molar-refractivity contribution >= 4 is 16.8 Å². The van der Waals surface area contributed by atoms with Crippen LogP contribution >= 0.6 is 0 Å². The molecule has 2 heterocycles. The largest absolute Gasteiger partial charge is 0.489 e. The van der Waals surface area contributed by atoms with Crippen molar-refractivity contribution in [2.75, 3.05) is 0 Å². The summed E-state index contributed by atoms with van der Waals surface area (Å²) in [5, 5.41) is 4.01. The Balaban J connectivity index is 1.62. The molecule has 5 heteroatoms. The Morgan fingerprint density at radius 3 is 2.87 bits per heavy atom. The molecule has 0 radical (unpaired) electrons. The molecule has 0 aliphatic carbocycles. The van der Waals surface area contributed by atoms with Crippen molar-refractivity contribution < 1.29 is 9.53 Å². The first-order valence-corrected chi connectivity index (χ1v) is 7.59. The van der Waals surface area contributed by atoms with Crippen LogP contribution in [0.5, 0.6) is 5.75 Å². The minimum absolute atomic E-state index is 0.0832. The second kappa shape index (κ2) is 6.52. The number of fused-ring (bicyclic) bond motifs is 1. The molecule has 2 aromatic heterocycles. The number of nitrogens with one attached hydrogen (secondary N) is 2. The van der Waals surface area contributed by atoms with E-state index in [1.54, 1.807) is 18.3 Å². The number of nitrogens with zero attached hydrogens (tertiary/aromatic N) is 1. The summed E-state index contributed by atoms with van der Waals surface area (Å²) in [6, 6.07) is 11.5. The number of H-pyrrole nitrogens is 1. The molecule has 0 fully saturated rings. The van der Waals surface area contributed by atoms with Crippen LogP contribution in [-0.4, -0.2) is 22.0 Å². The molecule has 0 saturated carbocycles. The van der Waals surface area contributed by atoms with Crippen molar-refractivity contribution in [1.29, 1.82) is 0 Å². The summed E-state index contributed by atoms with van der Waals surface area (Å²) in [7, 11) is 0. The zero-order chi connectivity index (χ0) is 16.2. The molecule has 0 spiro atoms. The third-order valence-corrected chi connectivity index (χ3v) is 3.41. The number of ether oxygens (including phenoxy) is 1. The fourth-order valence-corrected chi connectivity index (χ4v) is 2.34. The highest BCUT2D eigenvalue weighted by Crippen LogP contribution is 2.14. The number of aromatic nitrogens is 2. The first kappa shape index (κ1) is 15.1. The number of carbonyl (C=O) groups is 1. The normalized spacial score (nSPS) is 10.9. The molecule has 5 nitrogen and oxygen atoms in total. The van der Waals surface area contributed by atoms with Gasteiger partial charge in [-0.05, 0) is 55.1 Å². The van der Waals surface area contributed by atoms with Crippen molar-refractivity contribution in [3.63, 3.8) is 0 Å². The van der Waals surface area contributed by atoms with Gasteiger partial charge in [0.2, 0.25) is 0 Å². The predicted octanol–water partition coefficient (Wildman–Crippen LogP) is 3.28. The average molecular weight is 309 g/mol. The molecule has 0 unspecified atom stereocenters. The Kier molecular flexibility index (Phi) is 4.28. The zero-order valence-electron chi connectivity index (χ0n) is 13.2. The Morgan fingerprint density at radius 1 is 1.26 bits per heavy atom. The van der Waals surface area contributed by atoms with Crippen LogP contribution in [0.4, 0.5) is 0 Å². The van der Waals surface area contributed by atoms with Crippen LogP contribution in [0.15, 0.2) is 48.8 Å². The van der Waals surface area contributed by atoms with Gasteiger partial charge in [-0.3, -0.25) is 4.79 Å². The summed E-state index contributed by atoms with van der Waals surface area (Å²) in [6.45, 7) is 4.36. The Morgan fingerprint density at radius 2 is 2.13 bits per heavy atom. The number of benzene rings is 1. The first-order valence-electron chi connectivity index (χ1n) is 7.59. The van der Waals surface area contributed by atoms with E-state index in [-0.39, 0.29) is 12.0 Å². The first-order chi connectivity index (χ1) is 11.1. The smallest absolute Gasteiger partial charge is 0.270 e. The molecule has 1 aromatic carbocycles. The highest BCUT2D eigenvalue weighted by atomic mass is 16.5. The maximum absolute atomic E-state index is 12.1. The molecule has 0 atom stereocenters. The van der Waals surface area contributed by atoms with Crippen molar-refractivity contribution in [2.24, 2.45) is 0 Å². The van der Waals surface area contributed by atoms with Crippen LogP contribution in [0.3, 0.4) is 0 Å². The lowest BCUT2D eigenvalue weighted by molar-refractivity contribution is 0.0946. The monoisotopic (exact) mass is 309 g/mol. The van der Waals surface area contributed by atoms with Gasteiger partial charge in [0.25, 0.3) is 5.91 Å². The number of hydrogen-bond acceptors (Lipinski definition) is 3. The second-order valence-electron chi connectivity index (χ2n) is 5.63. The van der Waals surface area contributed by atoms with Crippen LogP contribution in [0.2, 0.25) is 0 Å². The number of rotatable bonds is 5. The molecule has 1 amide bonds. The molecule has 118 valence electrons. The zero-order valence-corrected chi connectivity index (χ0v) is 13.2. The summed E-state index contributed by atoms with van der Waals surface area (Å²) in [4.78, 5) is 19.4. The maximum atomic E-state index is 12.1. The standard InChI is InChI=1S/C18H19N3O2/c1-12(2)23-15-4-6-17(20-11-15)18(22)21-10-13-3-5-16-14(9-13)7-8-19-16/h3-9,11-12,19H,10H2,1-2H3,(H,21,22). The van der Waals surface area contributed by atoms with E-state index in [0.717, 1.165) is 16.5 Å². The van der Waals surface area contributed by atoms with E-state index in [0.29, 0.717) is 18.0 Å². The lowest BCUT2D eigenvalue weighted by Crippen LogP contribution is -2.23. The number of pyridine rings is 1. The highest BCUT2D eigenvalue weighted by molar-refractivity contribution is 5.92. The van der Waals surface area contributed by atoms with E-state index in [1.807, 2.05) is 38.2 Å². The fourth-order valence-electron chi connectivity index (χ4n) is 2.34. The van der Waals surface area contributed by atoms with Gasteiger partial charge >= 0.3 is 0 Å².